The molecule has 2 aromatic carbocycles. The second-order valence-electron chi connectivity index (χ2n) is 4.07. The van der Waals surface area contributed by atoms with Gasteiger partial charge in [0.25, 0.3) is 0 Å². The topological polar surface area (TPSA) is 35.5 Å². The molecular formula is C15H12F2O3. The lowest BCUT2D eigenvalue weighted by Crippen LogP contribution is -1.96. The standard InChI is InChI=1S/C15H12F2O3/c1-19-14-5-10(8-18)13(7-15(14)20-2)9-3-11(16)6-12(17)4-9/h3-8H,1-2H3. The van der Waals surface area contributed by atoms with Gasteiger partial charge in [0.2, 0.25) is 0 Å². The summed E-state index contributed by atoms with van der Waals surface area (Å²) >= 11 is 0. The summed E-state index contributed by atoms with van der Waals surface area (Å²) in [6, 6.07) is 6.04. The Balaban J connectivity index is 2.68. The third-order valence-corrected chi connectivity index (χ3v) is 2.86. The van der Waals surface area contributed by atoms with Crippen LogP contribution in [0.4, 0.5) is 8.78 Å². The number of methoxy groups -OCH3 is 2. The number of aldehydes is 1. The van der Waals surface area contributed by atoms with E-state index in [0.717, 1.165) is 18.2 Å². The Morgan fingerprint density at radius 2 is 1.45 bits per heavy atom. The number of ether oxygens (including phenoxy) is 2. The third kappa shape index (κ3) is 2.61. The number of hydrogen-bond acceptors (Lipinski definition) is 3. The molecule has 0 atom stereocenters. The van der Waals surface area contributed by atoms with Crippen LogP contribution in [0.5, 0.6) is 11.5 Å². The van der Waals surface area contributed by atoms with E-state index in [1.807, 2.05) is 0 Å². The van der Waals surface area contributed by atoms with Gasteiger partial charge in [-0.3, -0.25) is 4.79 Å². The molecule has 0 unspecified atom stereocenters. The molecule has 0 aliphatic carbocycles. The highest BCUT2D eigenvalue weighted by Crippen LogP contribution is 2.35. The van der Waals surface area contributed by atoms with Gasteiger partial charge in [-0.25, -0.2) is 8.78 Å². The summed E-state index contributed by atoms with van der Waals surface area (Å²) in [5, 5.41) is 0. The lowest BCUT2D eigenvalue weighted by Gasteiger charge is -2.12. The molecule has 0 radical (unpaired) electrons. The highest BCUT2D eigenvalue weighted by molar-refractivity contribution is 5.89. The zero-order chi connectivity index (χ0) is 14.7. The van der Waals surface area contributed by atoms with E-state index in [-0.39, 0.29) is 11.1 Å². The minimum atomic E-state index is -0.716. The van der Waals surface area contributed by atoms with Gasteiger partial charge in [-0.1, -0.05) is 0 Å². The average Bonchev–Trinajstić information content (AvgIpc) is 2.44. The van der Waals surface area contributed by atoms with Crippen LogP contribution >= 0.6 is 0 Å². The van der Waals surface area contributed by atoms with Crippen LogP contribution in [-0.4, -0.2) is 20.5 Å². The molecule has 2 aromatic rings. The van der Waals surface area contributed by atoms with Crippen LogP contribution in [0.25, 0.3) is 11.1 Å². The number of carbonyl (C=O) groups excluding carboxylic acids is 1. The molecule has 104 valence electrons. The van der Waals surface area contributed by atoms with Gasteiger partial charge in [0.1, 0.15) is 11.6 Å². The second kappa shape index (κ2) is 5.69. The van der Waals surface area contributed by atoms with Crippen molar-refractivity contribution in [1.82, 2.24) is 0 Å². The van der Waals surface area contributed by atoms with Gasteiger partial charge in [0.15, 0.2) is 17.8 Å². The average molecular weight is 278 g/mol. The van der Waals surface area contributed by atoms with Crippen molar-refractivity contribution in [3.8, 4) is 22.6 Å². The highest BCUT2D eigenvalue weighted by Gasteiger charge is 2.13. The van der Waals surface area contributed by atoms with Gasteiger partial charge in [0.05, 0.1) is 14.2 Å². The SMILES string of the molecule is COc1cc(C=O)c(-c2cc(F)cc(F)c2)cc1OC. The Labute approximate surface area is 114 Å². The first-order valence-corrected chi connectivity index (χ1v) is 5.76. The third-order valence-electron chi connectivity index (χ3n) is 2.86. The van der Waals surface area contributed by atoms with Gasteiger partial charge in [-0.2, -0.15) is 0 Å². The molecule has 2 rings (SSSR count). The van der Waals surface area contributed by atoms with Crippen molar-refractivity contribution in [2.75, 3.05) is 14.2 Å². The molecule has 0 aromatic heterocycles. The molecule has 0 aliphatic rings. The van der Waals surface area contributed by atoms with E-state index in [1.165, 1.54) is 26.4 Å². The number of halogens is 2. The molecule has 0 saturated carbocycles. The van der Waals surface area contributed by atoms with Crippen LogP contribution in [0.3, 0.4) is 0 Å². The molecule has 0 bridgehead atoms. The van der Waals surface area contributed by atoms with Gasteiger partial charge >= 0.3 is 0 Å². The van der Waals surface area contributed by atoms with Crippen LogP contribution in [0.2, 0.25) is 0 Å². The second-order valence-corrected chi connectivity index (χ2v) is 4.07. The molecule has 0 amide bonds. The number of rotatable bonds is 4. The maximum absolute atomic E-state index is 13.3. The van der Waals surface area contributed by atoms with Crippen molar-refractivity contribution in [3.05, 3.63) is 47.5 Å². The molecule has 0 N–H and O–H groups in total. The zero-order valence-electron chi connectivity index (χ0n) is 10.9. The van der Waals surface area contributed by atoms with Gasteiger partial charge < -0.3 is 9.47 Å². The first-order chi connectivity index (χ1) is 9.58. The largest absolute Gasteiger partial charge is 0.493 e. The van der Waals surface area contributed by atoms with Crippen LogP contribution in [-0.2, 0) is 0 Å². The van der Waals surface area contributed by atoms with Gasteiger partial charge in [0, 0.05) is 11.6 Å². The minimum absolute atomic E-state index is 0.255. The number of benzene rings is 2. The maximum atomic E-state index is 13.3. The van der Waals surface area contributed by atoms with E-state index < -0.39 is 11.6 Å². The summed E-state index contributed by atoms with van der Waals surface area (Å²) in [4.78, 5) is 11.2. The summed E-state index contributed by atoms with van der Waals surface area (Å²) in [5.74, 6) is -0.689. The summed E-state index contributed by atoms with van der Waals surface area (Å²) in [7, 11) is 2.88. The van der Waals surface area contributed by atoms with Crippen molar-refractivity contribution >= 4 is 6.29 Å². The van der Waals surface area contributed by atoms with Crippen molar-refractivity contribution in [2.45, 2.75) is 0 Å². The summed E-state index contributed by atoms with van der Waals surface area (Å²) < 4.78 is 36.8. The van der Waals surface area contributed by atoms with Crippen LogP contribution in [0, 0.1) is 11.6 Å². The number of carbonyl (C=O) groups is 1. The van der Waals surface area contributed by atoms with Crippen LogP contribution in [0.1, 0.15) is 10.4 Å². The summed E-state index contributed by atoms with van der Waals surface area (Å²) in [6.07, 6.45) is 0.597. The predicted molar refractivity (Wildman–Crippen MR) is 70.3 cm³/mol. The molecule has 0 spiro atoms. The fourth-order valence-corrected chi connectivity index (χ4v) is 1.95. The van der Waals surface area contributed by atoms with Crippen molar-refractivity contribution in [1.29, 1.82) is 0 Å². The fraction of sp³-hybridized carbons (Fsp3) is 0.133. The molecule has 0 heterocycles. The first-order valence-electron chi connectivity index (χ1n) is 5.76. The van der Waals surface area contributed by atoms with Gasteiger partial charge in [-0.15, -0.1) is 0 Å². The fourth-order valence-electron chi connectivity index (χ4n) is 1.95. The summed E-state index contributed by atoms with van der Waals surface area (Å²) in [6.45, 7) is 0. The molecule has 3 nitrogen and oxygen atoms in total. The lowest BCUT2D eigenvalue weighted by atomic mass is 9.99. The Morgan fingerprint density at radius 1 is 0.900 bits per heavy atom. The molecule has 20 heavy (non-hydrogen) atoms. The predicted octanol–water partition coefficient (Wildman–Crippen LogP) is 3.46. The van der Waals surface area contributed by atoms with E-state index in [1.54, 1.807) is 0 Å². The highest BCUT2D eigenvalue weighted by atomic mass is 19.1. The zero-order valence-corrected chi connectivity index (χ0v) is 10.9. The molecule has 0 aliphatic heterocycles. The smallest absolute Gasteiger partial charge is 0.161 e. The van der Waals surface area contributed by atoms with Crippen molar-refractivity contribution < 1.29 is 23.0 Å². The molecule has 0 fully saturated rings. The monoisotopic (exact) mass is 278 g/mol. The Kier molecular flexibility index (Phi) is 3.98. The molecular weight excluding hydrogens is 266 g/mol. The van der Waals surface area contributed by atoms with E-state index >= 15 is 0 Å². The van der Waals surface area contributed by atoms with E-state index in [4.69, 9.17) is 9.47 Å². The normalized spacial score (nSPS) is 10.2. The van der Waals surface area contributed by atoms with Gasteiger partial charge in [-0.05, 0) is 35.4 Å². The Bertz CT molecular complexity index is 634. The Morgan fingerprint density at radius 3 is 1.95 bits per heavy atom. The molecule has 5 heteroatoms. The molecule has 0 saturated heterocycles. The number of hydrogen-bond donors (Lipinski definition) is 0. The van der Waals surface area contributed by atoms with Crippen molar-refractivity contribution in [3.63, 3.8) is 0 Å². The lowest BCUT2D eigenvalue weighted by molar-refractivity contribution is 0.112. The minimum Gasteiger partial charge on any atom is -0.493 e. The van der Waals surface area contributed by atoms with E-state index in [9.17, 15) is 13.6 Å². The van der Waals surface area contributed by atoms with E-state index in [0.29, 0.717) is 23.3 Å². The van der Waals surface area contributed by atoms with Crippen molar-refractivity contribution in [2.24, 2.45) is 0 Å². The Hall–Kier alpha value is -2.43. The van der Waals surface area contributed by atoms with E-state index in [2.05, 4.69) is 0 Å². The first kappa shape index (κ1) is 14.0. The summed E-state index contributed by atoms with van der Waals surface area (Å²) in [5.41, 5.74) is 0.884. The maximum Gasteiger partial charge on any atom is 0.161 e. The van der Waals surface area contributed by atoms with Crippen LogP contribution < -0.4 is 9.47 Å². The quantitative estimate of drug-likeness (QED) is 0.803. The van der Waals surface area contributed by atoms with Crippen LogP contribution in [0.15, 0.2) is 30.3 Å².